The first-order chi connectivity index (χ1) is 15.7. The highest BCUT2D eigenvalue weighted by molar-refractivity contribution is 5.88. The Morgan fingerprint density at radius 2 is 1.84 bits per heavy atom. The molecule has 3 aromatic heterocycles. The number of rotatable bonds is 5. The van der Waals surface area contributed by atoms with Crippen molar-refractivity contribution < 1.29 is 9.47 Å². The number of anilines is 4. The van der Waals surface area contributed by atoms with Crippen LogP contribution in [0.25, 0.3) is 22.2 Å². The van der Waals surface area contributed by atoms with Gasteiger partial charge in [-0.25, -0.2) is 15.0 Å². The van der Waals surface area contributed by atoms with Crippen molar-refractivity contribution in [3.05, 3.63) is 48.9 Å². The molecule has 3 N–H and O–H groups in total. The Labute approximate surface area is 184 Å². The molecule has 4 aromatic rings. The lowest BCUT2D eigenvalue weighted by Crippen LogP contribution is -2.37. The van der Waals surface area contributed by atoms with E-state index in [9.17, 15) is 0 Å². The Balaban J connectivity index is 1.54. The number of hydrogen-bond donors (Lipinski definition) is 2. The predicted molar refractivity (Wildman–Crippen MR) is 122 cm³/mol. The van der Waals surface area contributed by atoms with Crippen LogP contribution in [0.3, 0.4) is 0 Å². The van der Waals surface area contributed by atoms with Crippen LogP contribution in [0.5, 0.6) is 5.75 Å². The summed E-state index contributed by atoms with van der Waals surface area (Å²) in [5.41, 5.74) is 8.72. The van der Waals surface area contributed by atoms with E-state index in [4.69, 9.17) is 25.2 Å². The fourth-order valence-corrected chi connectivity index (χ4v) is 3.54. The van der Waals surface area contributed by atoms with Gasteiger partial charge in [0.2, 0.25) is 11.9 Å². The highest BCUT2D eigenvalue weighted by atomic mass is 16.5. The molecule has 0 bridgehead atoms. The first kappa shape index (κ1) is 19.9. The van der Waals surface area contributed by atoms with Gasteiger partial charge in [0.1, 0.15) is 11.6 Å². The van der Waals surface area contributed by atoms with Gasteiger partial charge in [-0.3, -0.25) is 4.98 Å². The number of nitrogen functional groups attached to an aromatic ring is 1. The topological polar surface area (TPSA) is 124 Å². The Morgan fingerprint density at radius 1 is 1.03 bits per heavy atom. The van der Waals surface area contributed by atoms with Crippen molar-refractivity contribution in [3.8, 4) is 17.0 Å². The highest BCUT2D eigenvalue weighted by Gasteiger charge is 2.17. The first-order valence-corrected chi connectivity index (χ1v) is 10.2. The average Bonchev–Trinajstić information content (AvgIpc) is 2.84. The van der Waals surface area contributed by atoms with Gasteiger partial charge in [0.25, 0.3) is 0 Å². The van der Waals surface area contributed by atoms with Gasteiger partial charge < -0.3 is 25.4 Å². The number of morpholine rings is 1. The van der Waals surface area contributed by atoms with Gasteiger partial charge in [0, 0.05) is 42.5 Å². The molecular formula is C22H22N8O2. The average molecular weight is 430 g/mol. The number of nitrogens with two attached hydrogens (primary N) is 1. The second kappa shape index (κ2) is 8.60. The summed E-state index contributed by atoms with van der Waals surface area (Å²) < 4.78 is 11.0. The quantitative estimate of drug-likeness (QED) is 0.488. The van der Waals surface area contributed by atoms with Crippen LogP contribution in [-0.4, -0.2) is 58.3 Å². The second-order valence-electron chi connectivity index (χ2n) is 7.24. The fraction of sp³-hybridized carbons (Fsp3) is 0.227. The molecule has 32 heavy (non-hydrogen) atoms. The van der Waals surface area contributed by atoms with Crippen molar-refractivity contribution in [3.63, 3.8) is 0 Å². The normalized spacial score (nSPS) is 13.8. The summed E-state index contributed by atoms with van der Waals surface area (Å²) in [6.45, 7) is 2.71. The SMILES string of the molecule is COc1cccc2ncc(Nc3cc(-c4cnc(N)nc4)nc(N4CCOCC4)n3)cc12. The van der Waals surface area contributed by atoms with E-state index >= 15 is 0 Å². The Kier molecular flexibility index (Phi) is 5.34. The van der Waals surface area contributed by atoms with Gasteiger partial charge in [-0.15, -0.1) is 0 Å². The number of nitrogens with one attached hydrogen (secondary N) is 1. The molecule has 1 aliphatic rings. The largest absolute Gasteiger partial charge is 0.496 e. The first-order valence-electron chi connectivity index (χ1n) is 10.2. The van der Waals surface area contributed by atoms with Gasteiger partial charge >= 0.3 is 0 Å². The lowest BCUT2D eigenvalue weighted by molar-refractivity contribution is 0.122. The third-order valence-electron chi connectivity index (χ3n) is 5.15. The van der Waals surface area contributed by atoms with E-state index < -0.39 is 0 Å². The van der Waals surface area contributed by atoms with Crippen LogP contribution < -0.4 is 20.7 Å². The summed E-state index contributed by atoms with van der Waals surface area (Å²) >= 11 is 0. The maximum absolute atomic E-state index is 5.65. The molecule has 5 rings (SSSR count). The standard InChI is InChI=1S/C22H22N8O2/c1-31-19-4-2-3-17-16(19)9-15(13-24-17)27-20-10-18(14-11-25-21(23)26-12-14)28-22(29-20)30-5-7-32-8-6-30/h2-4,9-13H,5-8H2,1H3,(H2,23,25,26)(H,27,28,29). The molecule has 0 aliphatic carbocycles. The number of pyridine rings is 1. The van der Waals surface area contributed by atoms with Crippen LogP contribution in [0.4, 0.5) is 23.4 Å². The van der Waals surface area contributed by atoms with E-state index in [1.165, 1.54) is 0 Å². The van der Waals surface area contributed by atoms with Crippen LogP contribution in [0.15, 0.2) is 48.9 Å². The van der Waals surface area contributed by atoms with Crippen LogP contribution in [0.1, 0.15) is 0 Å². The molecular weight excluding hydrogens is 408 g/mol. The summed E-state index contributed by atoms with van der Waals surface area (Å²) in [5, 5.41) is 4.27. The van der Waals surface area contributed by atoms with E-state index in [0.717, 1.165) is 41.0 Å². The molecule has 0 radical (unpaired) electrons. The summed E-state index contributed by atoms with van der Waals surface area (Å²) in [4.78, 5) is 24.3. The molecule has 4 heterocycles. The van der Waals surface area contributed by atoms with E-state index in [-0.39, 0.29) is 5.95 Å². The van der Waals surface area contributed by atoms with Gasteiger partial charge in [-0.1, -0.05) is 6.07 Å². The molecule has 0 atom stereocenters. The smallest absolute Gasteiger partial charge is 0.228 e. The number of nitrogens with zero attached hydrogens (tertiary/aromatic N) is 6. The van der Waals surface area contributed by atoms with Crippen LogP contribution in [0, 0.1) is 0 Å². The summed E-state index contributed by atoms with van der Waals surface area (Å²) in [6, 6.07) is 9.62. The number of aromatic nitrogens is 5. The van der Waals surface area contributed by atoms with E-state index in [1.807, 2.05) is 30.3 Å². The number of methoxy groups -OCH3 is 1. The third kappa shape index (κ3) is 4.08. The van der Waals surface area contributed by atoms with Gasteiger partial charge in [-0.2, -0.15) is 4.98 Å². The Bertz CT molecular complexity index is 1240. The zero-order valence-corrected chi connectivity index (χ0v) is 17.5. The Morgan fingerprint density at radius 3 is 2.62 bits per heavy atom. The zero-order valence-electron chi connectivity index (χ0n) is 17.5. The molecule has 0 amide bonds. The molecule has 0 spiro atoms. The molecule has 1 aliphatic heterocycles. The molecule has 1 fully saturated rings. The molecule has 1 saturated heterocycles. The van der Waals surface area contributed by atoms with Gasteiger partial charge in [0.05, 0.1) is 43.4 Å². The minimum atomic E-state index is 0.214. The van der Waals surface area contributed by atoms with Crippen molar-refractivity contribution in [2.24, 2.45) is 0 Å². The van der Waals surface area contributed by atoms with Crippen molar-refractivity contribution in [2.45, 2.75) is 0 Å². The van der Waals surface area contributed by atoms with Crippen molar-refractivity contribution in [1.29, 1.82) is 0 Å². The number of fused-ring (bicyclic) bond motifs is 1. The van der Waals surface area contributed by atoms with Crippen LogP contribution in [0.2, 0.25) is 0 Å². The predicted octanol–water partition coefficient (Wildman–Crippen LogP) is 2.65. The molecule has 1 aromatic carbocycles. The molecule has 0 saturated carbocycles. The summed E-state index contributed by atoms with van der Waals surface area (Å²) in [7, 11) is 1.65. The minimum absolute atomic E-state index is 0.214. The monoisotopic (exact) mass is 430 g/mol. The van der Waals surface area contributed by atoms with Crippen LogP contribution in [-0.2, 0) is 4.74 Å². The van der Waals surface area contributed by atoms with E-state index in [1.54, 1.807) is 25.7 Å². The summed E-state index contributed by atoms with van der Waals surface area (Å²) in [5.74, 6) is 2.21. The second-order valence-corrected chi connectivity index (χ2v) is 7.24. The molecule has 10 nitrogen and oxygen atoms in total. The number of hydrogen-bond acceptors (Lipinski definition) is 10. The highest BCUT2D eigenvalue weighted by Crippen LogP contribution is 2.29. The van der Waals surface area contributed by atoms with Crippen LogP contribution >= 0.6 is 0 Å². The maximum atomic E-state index is 5.65. The van der Waals surface area contributed by atoms with Crippen molar-refractivity contribution in [2.75, 3.05) is 49.4 Å². The van der Waals surface area contributed by atoms with Crippen molar-refractivity contribution in [1.82, 2.24) is 24.9 Å². The third-order valence-corrected chi connectivity index (χ3v) is 5.15. The maximum Gasteiger partial charge on any atom is 0.228 e. The molecule has 0 unspecified atom stereocenters. The number of benzene rings is 1. The Hall–Kier alpha value is -4.05. The number of ether oxygens (including phenoxy) is 2. The fourth-order valence-electron chi connectivity index (χ4n) is 3.54. The lowest BCUT2D eigenvalue weighted by Gasteiger charge is -2.27. The zero-order chi connectivity index (χ0) is 21.9. The van der Waals surface area contributed by atoms with E-state index in [2.05, 4.69) is 25.2 Å². The summed E-state index contributed by atoms with van der Waals surface area (Å²) in [6.07, 6.45) is 5.07. The van der Waals surface area contributed by atoms with E-state index in [0.29, 0.717) is 30.7 Å². The molecule has 162 valence electrons. The minimum Gasteiger partial charge on any atom is -0.496 e. The van der Waals surface area contributed by atoms with Gasteiger partial charge in [0.15, 0.2) is 0 Å². The lowest BCUT2D eigenvalue weighted by atomic mass is 10.2. The molecule has 10 heteroatoms. The van der Waals surface area contributed by atoms with Crippen molar-refractivity contribution >= 4 is 34.3 Å². The van der Waals surface area contributed by atoms with Gasteiger partial charge in [-0.05, 0) is 18.2 Å².